The van der Waals surface area contributed by atoms with Crippen molar-refractivity contribution in [3.8, 4) is 0 Å². The molecule has 0 aliphatic heterocycles. The van der Waals surface area contributed by atoms with Crippen LogP contribution in [-0.4, -0.2) is 21.5 Å². The summed E-state index contributed by atoms with van der Waals surface area (Å²) in [6.07, 6.45) is 0. The fraction of sp³-hybridized carbons (Fsp3) is 0. The summed E-state index contributed by atoms with van der Waals surface area (Å²) < 4.78 is 0. The van der Waals surface area contributed by atoms with Crippen molar-refractivity contribution >= 4 is 17.4 Å². The number of nitro groups is 1. The van der Waals surface area contributed by atoms with Gasteiger partial charge in [0.2, 0.25) is 0 Å². The minimum atomic E-state index is -1.15. The molecular weight excluding hydrogens is 200 g/mol. The normalized spacial score (nSPS) is 8.80. The van der Waals surface area contributed by atoms with Crippen LogP contribution in [0.25, 0.3) is 5.53 Å². The van der Waals surface area contributed by atoms with Gasteiger partial charge in [0.15, 0.2) is 4.92 Å². The van der Waals surface area contributed by atoms with E-state index in [9.17, 15) is 14.9 Å². The number of benzene rings is 1. The monoisotopic (exact) mass is 206 g/mol. The van der Waals surface area contributed by atoms with Gasteiger partial charge in [0.25, 0.3) is 0 Å². The van der Waals surface area contributed by atoms with E-state index in [0.717, 1.165) is 0 Å². The minimum absolute atomic E-state index is 0.380. The molecule has 0 aliphatic rings. The lowest BCUT2D eigenvalue weighted by Crippen LogP contribution is -2.30. The van der Waals surface area contributed by atoms with Crippen molar-refractivity contribution in [3.63, 3.8) is 0 Å². The fourth-order valence-electron chi connectivity index (χ4n) is 0.873. The van der Waals surface area contributed by atoms with Crippen LogP contribution in [0.5, 0.6) is 0 Å². The van der Waals surface area contributed by atoms with Crippen LogP contribution in [0.3, 0.4) is 0 Å². The number of nitrogens with one attached hydrogen (secondary N) is 1. The van der Waals surface area contributed by atoms with Gasteiger partial charge in [-0.15, -0.1) is 0 Å². The predicted octanol–water partition coefficient (Wildman–Crippen LogP) is 0.530. The lowest BCUT2D eigenvalue weighted by molar-refractivity contribution is -0.381. The first kappa shape index (κ1) is 10.6. The van der Waals surface area contributed by atoms with E-state index in [2.05, 4.69) is 10.1 Å². The lowest BCUT2D eigenvalue weighted by atomic mass is 10.3. The summed E-state index contributed by atoms with van der Waals surface area (Å²) in [5.41, 5.74) is 8.61. The second kappa shape index (κ2) is 4.64. The van der Waals surface area contributed by atoms with E-state index in [-0.39, 0.29) is 0 Å². The molecule has 1 aromatic rings. The summed E-state index contributed by atoms with van der Waals surface area (Å²) in [7, 11) is 0. The van der Waals surface area contributed by atoms with Crippen molar-refractivity contribution in [3.05, 3.63) is 46.0 Å². The molecule has 1 amide bonds. The molecule has 0 heterocycles. The topological polar surface area (TPSA) is 109 Å². The molecule has 0 bridgehead atoms. The minimum Gasteiger partial charge on any atom is -0.354 e. The zero-order valence-corrected chi connectivity index (χ0v) is 7.45. The molecule has 15 heavy (non-hydrogen) atoms. The lowest BCUT2D eigenvalue weighted by Gasteiger charge is -1.97. The quantitative estimate of drug-likeness (QED) is 0.181. The number of amides is 1. The van der Waals surface area contributed by atoms with E-state index in [1.54, 1.807) is 30.3 Å². The smallest absolute Gasteiger partial charge is 0.354 e. The van der Waals surface area contributed by atoms with Crippen LogP contribution < -0.4 is 5.32 Å². The van der Waals surface area contributed by atoms with Gasteiger partial charge in [0.1, 0.15) is 0 Å². The molecular formula is C8H6N4O3. The summed E-state index contributed by atoms with van der Waals surface area (Å²) in [5.74, 6) is -2.23. The third-order valence-electron chi connectivity index (χ3n) is 1.50. The van der Waals surface area contributed by atoms with E-state index in [0.29, 0.717) is 5.69 Å². The number of nitrogens with zero attached hydrogens (tertiary/aromatic N) is 3. The van der Waals surface area contributed by atoms with Crippen LogP contribution in [0, 0.1) is 10.1 Å². The number of para-hydroxylation sites is 1. The van der Waals surface area contributed by atoms with Gasteiger partial charge in [-0.25, -0.2) is 0 Å². The molecule has 0 unspecified atom stereocenters. The van der Waals surface area contributed by atoms with E-state index in [1.165, 1.54) is 0 Å². The predicted molar refractivity (Wildman–Crippen MR) is 50.7 cm³/mol. The van der Waals surface area contributed by atoms with Crippen molar-refractivity contribution in [2.24, 2.45) is 0 Å². The fourth-order valence-corrected chi connectivity index (χ4v) is 0.873. The SMILES string of the molecule is [N-]=[N+]=C(C(=O)Nc1ccccc1)[N+](=O)[O-]. The summed E-state index contributed by atoms with van der Waals surface area (Å²) in [5, 5.41) is 12.4. The maximum atomic E-state index is 11.1. The molecule has 76 valence electrons. The first-order valence-electron chi connectivity index (χ1n) is 3.88. The first-order chi connectivity index (χ1) is 7.15. The van der Waals surface area contributed by atoms with Gasteiger partial charge in [-0.05, 0) is 12.1 Å². The molecule has 7 nitrogen and oxygen atoms in total. The van der Waals surface area contributed by atoms with Crippen molar-refractivity contribution in [2.45, 2.75) is 0 Å². The highest BCUT2D eigenvalue weighted by Gasteiger charge is 2.34. The van der Waals surface area contributed by atoms with Gasteiger partial charge in [-0.2, -0.15) is 0 Å². The molecule has 7 heteroatoms. The third kappa shape index (κ3) is 2.71. The maximum Gasteiger partial charge on any atom is 0.670 e. The number of amidine groups is 1. The molecule has 0 radical (unpaired) electrons. The number of anilines is 1. The number of rotatable bonds is 1. The Morgan fingerprint density at radius 3 is 2.47 bits per heavy atom. The van der Waals surface area contributed by atoms with Crippen LogP contribution in [0.2, 0.25) is 0 Å². The Bertz CT molecular complexity index is 436. The number of carbonyl (C=O) groups is 1. The van der Waals surface area contributed by atoms with Crippen molar-refractivity contribution in [1.29, 1.82) is 0 Å². The second-order valence-corrected chi connectivity index (χ2v) is 2.50. The van der Waals surface area contributed by atoms with E-state index in [4.69, 9.17) is 5.53 Å². The Kier molecular flexibility index (Phi) is 3.26. The van der Waals surface area contributed by atoms with Crippen LogP contribution in [0.1, 0.15) is 0 Å². The zero-order valence-electron chi connectivity index (χ0n) is 7.45. The summed E-state index contributed by atoms with van der Waals surface area (Å²) in [4.78, 5) is 22.6. The Labute approximate surface area is 84.1 Å². The molecule has 0 saturated heterocycles. The second-order valence-electron chi connectivity index (χ2n) is 2.50. The highest BCUT2D eigenvalue weighted by Crippen LogP contribution is 2.04. The van der Waals surface area contributed by atoms with Gasteiger partial charge in [-0.3, -0.25) is 14.9 Å². The average Bonchev–Trinajstić information content (AvgIpc) is 2.19. The molecule has 0 aromatic heterocycles. The summed E-state index contributed by atoms with van der Waals surface area (Å²) in [6, 6.07) is 8.12. The van der Waals surface area contributed by atoms with Gasteiger partial charge in [0.05, 0.1) is 0 Å². The Hall–Kier alpha value is -2.53. The Morgan fingerprint density at radius 1 is 1.40 bits per heavy atom. The van der Waals surface area contributed by atoms with E-state index < -0.39 is 16.7 Å². The van der Waals surface area contributed by atoms with Gasteiger partial charge < -0.3 is 10.8 Å². The molecule has 0 saturated carbocycles. The highest BCUT2D eigenvalue weighted by molar-refractivity contribution is 6.36. The standard InChI is InChI=1S/C8H6N4O3/c9-11-7(12(14)15)8(13)10-6-4-2-1-3-5-6/h1-5H,(H,10,13). The average molecular weight is 206 g/mol. The summed E-state index contributed by atoms with van der Waals surface area (Å²) >= 11 is 0. The van der Waals surface area contributed by atoms with Gasteiger partial charge in [0, 0.05) is 5.69 Å². The van der Waals surface area contributed by atoms with Crippen molar-refractivity contribution in [1.82, 2.24) is 0 Å². The van der Waals surface area contributed by atoms with Gasteiger partial charge >= 0.3 is 11.7 Å². The molecule has 0 spiro atoms. The first-order valence-corrected chi connectivity index (χ1v) is 3.88. The molecule has 1 rings (SSSR count). The van der Waals surface area contributed by atoms with Crippen LogP contribution in [-0.2, 0) is 4.79 Å². The largest absolute Gasteiger partial charge is 0.670 e. The van der Waals surface area contributed by atoms with E-state index >= 15 is 0 Å². The van der Waals surface area contributed by atoms with Crippen molar-refractivity contribution < 1.29 is 14.5 Å². The number of hydrogen-bond acceptors (Lipinski definition) is 3. The summed E-state index contributed by atoms with van der Waals surface area (Å²) in [6.45, 7) is 0. The number of hydrogen-bond donors (Lipinski definition) is 1. The number of carbonyl (C=O) groups excluding carboxylic acids is 1. The molecule has 0 atom stereocenters. The molecule has 1 aromatic carbocycles. The Morgan fingerprint density at radius 2 is 2.00 bits per heavy atom. The third-order valence-corrected chi connectivity index (χ3v) is 1.50. The van der Waals surface area contributed by atoms with Crippen LogP contribution in [0.15, 0.2) is 30.3 Å². The van der Waals surface area contributed by atoms with Crippen LogP contribution >= 0.6 is 0 Å². The van der Waals surface area contributed by atoms with Crippen molar-refractivity contribution in [2.75, 3.05) is 5.32 Å². The van der Waals surface area contributed by atoms with E-state index in [1.807, 2.05) is 0 Å². The molecule has 0 aliphatic carbocycles. The molecule has 1 N–H and O–H groups in total. The Balaban J connectivity index is 2.81. The highest BCUT2D eigenvalue weighted by atomic mass is 16.6. The van der Waals surface area contributed by atoms with Gasteiger partial charge in [-0.1, -0.05) is 23.0 Å². The zero-order chi connectivity index (χ0) is 11.3. The maximum absolute atomic E-state index is 11.1. The van der Waals surface area contributed by atoms with Crippen LogP contribution in [0.4, 0.5) is 5.69 Å². The molecule has 0 fully saturated rings.